The van der Waals surface area contributed by atoms with E-state index in [-0.39, 0.29) is 12.0 Å². The smallest absolute Gasteiger partial charge is 0.233 e. The van der Waals surface area contributed by atoms with E-state index in [1.165, 1.54) is 0 Å². The van der Waals surface area contributed by atoms with Gasteiger partial charge >= 0.3 is 0 Å². The summed E-state index contributed by atoms with van der Waals surface area (Å²) in [7, 11) is 0. The summed E-state index contributed by atoms with van der Waals surface area (Å²) in [5.74, 6) is 0.00162. The van der Waals surface area contributed by atoms with Gasteiger partial charge in [-0.05, 0) is 12.8 Å². The lowest BCUT2D eigenvalue weighted by Gasteiger charge is -2.09. The highest BCUT2D eigenvalue weighted by Gasteiger charge is 2.02. The molecule has 0 spiro atoms. The molecule has 1 atom stereocenters. The van der Waals surface area contributed by atoms with Gasteiger partial charge in [0, 0.05) is 13.1 Å². The lowest BCUT2D eigenvalue weighted by atomic mass is 10.3. The third-order valence-electron chi connectivity index (χ3n) is 1.99. The SMILES string of the molecule is CCCCNC(=O)CNCC(O)CC. The summed E-state index contributed by atoms with van der Waals surface area (Å²) in [6, 6.07) is 0. The van der Waals surface area contributed by atoms with Gasteiger partial charge in [0.1, 0.15) is 0 Å². The van der Waals surface area contributed by atoms with Crippen molar-refractivity contribution in [3.63, 3.8) is 0 Å². The Morgan fingerprint density at radius 3 is 2.71 bits per heavy atom. The van der Waals surface area contributed by atoms with Crippen molar-refractivity contribution >= 4 is 5.91 Å². The van der Waals surface area contributed by atoms with Crippen LogP contribution in [0.15, 0.2) is 0 Å². The third kappa shape index (κ3) is 8.01. The molecule has 0 aromatic carbocycles. The van der Waals surface area contributed by atoms with Crippen LogP contribution in [0.4, 0.5) is 0 Å². The predicted octanol–water partition coefficient (Wildman–Crippen LogP) is 0.263. The molecule has 0 aliphatic heterocycles. The van der Waals surface area contributed by atoms with Crippen molar-refractivity contribution < 1.29 is 9.90 Å². The summed E-state index contributed by atoms with van der Waals surface area (Å²) in [6.45, 7) is 5.52. The number of hydrogen-bond acceptors (Lipinski definition) is 3. The maximum absolute atomic E-state index is 11.1. The number of amides is 1. The van der Waals surface area contributed by atoms with Crippen molar-refractivity contribution in [1.82, 2.24) is 10.6 Å². The molecular formula is C10H22N2O2. The number of nitrogens with one attached hydrogen (secondary N) is 2. The van der Waals surface area contributed by atoms with E-state index in [9.17, 15) is 9.90 Å². The number of rotatable bonds is 8. The molecule has 0 radical (unpaired) electrons. The number of carbonyl (C=O) groups is 1. The van der Waals surface area contributed by atoms with Crippen molar-refractivity contribution in [1.29, 1.82) is 0 Å². The van der Waals surface area contributed by atoms with E-state index < -0.39 is 0 Å². The minimum Gasteiger partial charge on any atom is -0.392 e. The molecule has 0 rings (SSSR count). The largest absolute Gasteiger partial charge is 0.392 e. The molecule has 84 valence electrons. The van der Waals surface area contributed by atoms with Gasteiger partial charge in [0.05, 0.1) is 12.6 Å². The first-order chi connectivity index (χ1) is 6.70. The molecule has 0 fully saturated rings. The Balaban J connectivity index is 3.26. The Labute approximate surface area is 86.1 Å². The van der Waals surface area contributed by atoms with Gasteiger partial charge in [-0.1, -0.05) is 20.3 Å². The van der Waals surface area contributed by atoms with Gasteiger partial charge in [-0.2, -0.15) is 0 Å². The summed E-state index contributed by atoms with van der Waals surface area (Å²) < 4.78 is 0. The zero-order valence-electron chi connectivity index (χ0n) is 9.18. The van der Waals surface area contributed by atoms with Crippen molar-refractivity contribution in [2.45, 2.75) is 39.2 Å². The van der Waals surface area contributed by atoms with Crippen LogP contribution < -0.4 is 10.6 Å². The first-order valence-corrected chi connectivity index (χ1v) is 5.36. The van der Waals surface area contributed by atoms with E-state index in [2.05, 4.69) is 17.6 Å². The summed E-state index contributed by atoms with van der Waals surface area (Å²) >= 11 is 0. The van der Waals surface area contributed by atoms with Gasteiger partial charge in [-0.15, -0.1) is 0 Å². The quantitative estimate of drug-likeness (QED) is 0.495. The van der Waals surface area contributed by atoms with Crippen molar-refractivity contribution in [2.75, 3.05) is 19.6 Å². The molecule has 0 heterocycles. The topological polar surface area (TPSA) is 61.4 Å². The van der Waals surface area contributed by atoms with Crippen molar-refractivity contribution in [3.05, 3.63) is 0 Å². The molecule has 0 aliphatic carbocycles. The van der Waals surface area contributed by atoms with Crippen LogP contribution in [0.1, 0.15) is 33.1 Å². The van der Waals surface area contributed by atoms with Gasteiger partial charge in [0.25, 0.3) is 0 Å². The lowest BCUT2D eigenvalue weighted by molar-refractivity contribution is -0.120. The summed E-state index contributed by atoms with van der Waals surface area (Å²) in [5, 5.41) is 14.9. The fraction of sp³-hybridized carbons (Fsp3) is 0.900. The molecule has 0 saturated carbocycles. The first-order valence-electron chi connectivity index (χ1n) is 5.36. The summed E-state index contributed by atoms with van der Waals surface area (Å²) in [5.41, 5.74) is 0. The van der Waals surface area contributed by atoms with Gasteiger partial charge < -0.3 is 15.7 Å². The second-order valence-electron chi connectivity index (χ2n) is 3.40. The lowest BCUT2D eigenvalue weighted by Crippen LogP contribution is -2.37. The highest BCUT2D eigenvalue weighted by Crippen LogP contribution is 1.85. The normalized spacial score (nSPS) is 12.5. The number of aliphatic hydroxyl groups is 1. The molecule has 0 aromatic heterocycles. The Morgan fingerprint density at radius 2 is 2.14 bits per heavy atom. The number of hydrogen-bond donors (Lipinski definition) is 3. The molecule has 4 nitrogen and oxygen atoms in total. The molecule has 0 aromatic rings. The van der Waals surface area contributed by atoms with Crippen LogP contribution >= 0.6 is 0 Å². The van der Waals surface area contributed by atoms with Gasteiger partial charge in [-0.25, -0.2) is 0 Å². The fourth-order valence-electron chi connectivity index (χ4n) is 0.964. The Morgan fingerprint density at radius 1 is 1.43 bits per heavy atom. The van der Waals surface area contributed by atoms with E-state index in [1.807, 2.05) is 6.92 Å². The van der Waals surface area contributed by atoms with Gasteiger partial charge in [0.15, 0.2) is 0 Å². The fourth-order valence-corrected chi connectivity index (χ4v) is 0.964. The third-order valence-corrected chi connectivity index (χ3v) is 1.99. The maximum atomic E-state index is 11.1. The minimum atomic E-state index is -0.349. The Bertz CT molecular complexity index is 151. The molecule has 1 amide bonds. The maximum Gasteiger partial charge on any atom is 0.233 e. The zero-order chi connectivity index (χ0) is 10.8. The molecule has 1 unspecified atom stereocenters. The van der Waals surface area contributed by atoms with Crippen LogP contribution in [-0.2, 0) is 4.79 Å². The second-order valence-corrected chi connectivity index (χ2v) is 3.40. The highest BCUT2D eigenvalue weighted by atomic mass is 16.3. The standard InChI is InChI=1S/C10H22N2O2/c1-3-5-6-12-10(14)8-11-7-9(13)4-2/h9,11,13H,3-8H2,1-2H3,(H,12,14). The minimum absolute atomic E-state index is 0.00162. The van der Waals surface area contributed by atoms with Crippen LogP contribution in [0.2, 0.25) is 0 Å². The average Bonchev–Trinajstić information content (AvgIpc) is 2.18. The average molecular weight is 202 g/mol. The summed E-state index contributed by atoms with van der Waals surface area (Å²) in [6.07, 6.45) is 2.47. The predicted molar refractivity (Wildman–Crippen MR) is 57.1 cm³/mol. The zero-order valence-corrected chi connectivity index (χ0v) is 9.18. The molecule has 4 heteroatoms. The molecule has 14 heavy (non-hydrogen) atoms. The van der Waals surface area contributed by atoms with E-state index >= 15 is 0 Å². The Hall–Kier alpha value is -0.610. The molecule has 0 bridgehead atoms. The van der Waals surface area contributed by atoms with Crippen LogP contribution in [0.5, 0.6) is 0 Å². The van der Waals surface area contributed by atoms with Crippen molar-refractivity contribution in [3.8, 4) is 0 Å². The first kappa shape index (κ1) is 13.4. The van der Waals surface area contributed by atoms with Gasteiger partial charge in [0.2, 0.25) is 5.91 Å². The summed E-state index contributed by atoms with van der Waals surface area (Å²) in [4.78, 5) is 11.1. The van der Waals surface area contributed by atoms with Crippen LogP contribution in [0, 0.1) is 0 Å². The molecular weight excluding hydrogens is 180 g/mol. The number of carbonyl (C=O) groups excluding carboxylic acids is 1. The van der Waals surface area contributed by atoms with Crippen LogP contribution in [0.3, 0.4) is 0 Å². The molecule has 3 N–H and O–H groups in total. The number of unbranched alkanes of at least 4 members (excludes halogenated alkanes) is 1. The van der Waals surface area contributed by atoms with E-state index in [0.717, 1.165) is 19.4 Å². The van der Waals surface area contributed by atoms with Crippen LogP contribution in [0.25, 0.3) is 0 Å². The number of aliphatic hydroxyl groups excluding tert-OH is 1. The van der Waals surface area contributed by atoms with E-state index in [0.29, 0.717) is 19.5 Å². The van der Waals surface area contributed by atoms with Crippen LogP contribution in [-0.4, -0.2) is 36.8 Å². The monoisotopic (exact) mass is 202 g/mol. The second kappa shape index (κ2) is 8.97. The highest BCUT2D eigenvalue weighted by molar-refractivity contribution is 5.77. The van der Waals surface area contributed by atoms with Gasteiger partial charge in [-0.3, -0.25) is 4.79 Å². The van der Waals surface area contributed by atoms with Crippen molar-refractivity contribution in [2.24, 2.45) is 0 Å². The molecule has 0 saturated heterocycles. The molecule has 0 aliphatic rings. The van der Waals surface area contributed by atoms with E-state index in [1.54, 1.807) is 0 Å². The Kier molecular flexibility index (Phi) is 8.57. The van der Waals surface area contributed by atoms with E-state index in [4.69, 9.17) is 0 Å².